The van der Waals surface area contributed by atoms with E-state index in [0.29, 0.717) is 6.04 Å². The van der Waals surface area contributed by atoms with Crippen molar-refractivity contribution in [2.24, 2.45) is 0 Å². The number of hydrogen-bond acceptors (Lipinski definition) is 3. The molecule has 4 heteroatoms. The Morgan fingerprint density at radius 1 is 1.30 bits per heavy atom. The molecule has 2 aromatic heterocycles. The Balaban J connectivity index is 1.61. The van der Waals surface area contributed by atoms with Gasteiger partial charge in [-0.3, -0.25) is 4.90 Å². The molecule has 0 saturated carbocycles. The van der Waals surface area contributed by atoms with Gasteiger partial charge in [0.1, 0.15) is 5.65 Å². The summed E-state index contributed by atoms with van der Waals surface area (Å²) in [6.07, 6.45) is 4.81. The molecule has 1 aliphatic rings. The maximum absolute atomic E-state index is 4.60. The van der Waals surface area contributed by atoms with Crippen molar-refractivity contribution >= 4 is 5.65 Å². The van der Waals surface area contributed by atoms with Crippen LogP contribution in [0.1, 0.15) is 31.2 Å². The van der Waals surface area contributed by atoms with Crippen LogP contribution in [0, 0.1) is 6.92 Å². The van der Waals surface area contributed by atoms with Gasteiger partial charge in [0.15, 0.2) is 0 Å². The molecule has 0 spiro atoms. The van der Waals surface area contributed by atoms with Gasteiger partial charge in [-0.2, -0.15) is 0 Å². The minimum absolute atomic E-state index is 0.622. The Bertz CT molecular complexity index is 569. The van der Waals surface area contributed by atoms with Crippen molar-refractivity contribution < 1.29 is 0 Å². The van der Waals surface area contributed by atoms with E-state index in [1.54, 1.807) is 0 Å². The van der Waals surface area contributed by atoms with Crippen LogP contribution in [0.2, 0.25) is 0 Å². The topological polar surface area (TPSA) is 32.6 Å². The lowest BCUT2D eigenvalue weighted by molar-refractivity contribution is 0.251. The van der Waals surface area contributed by atoms with Crippen LogP contribution >= 0.6 is 0 Å². The van der Waals surface area contributed by atoms with Crippen molar-refractivity contribution in [3.63, 3.8) is 0 Å². The fraction of sp³-hybridized carbons (Fsp3) is 0.562. The van der Waals surface area contributed by atoms with E-state index in [0.717, 1.165) is 24.4 Å². The number of likely N-dealkylation sites (tertiary alicyclic amines) is 1. The van der Waals surface area contributed by atoms with E-state index in [1.165, 1.54) is 31.6 Å². The molecule has 1 fully saturated rings. The molecule has 0 aliphatic carbocycles. The predicted octanol–water partition coefficient (Wildman–Crippen LogP) is 2.22. The monoisotopic (exact) mass is 272 g/mol. The van der Waals surface area contributed by atoms with E-state index in [9.17, 15) is 0 Å². The largest absolute Gasteiger partial charge is 0.310 e. The fourth-order valence-electron chi connectivity index (χ4n) is 3.09. The number of hydrogen-bond donors (Lipinski definition) is 1. The normalized spacial score (nSPS) is 17.9. The van der Waals surface area contributed by atoms with Crippen molar-refractivity contribution in [3.8, 4) is 0 Å². The lowest BCUT2D eigenvalue weighted by Gasteiger charge is -2.23. The molecule has 1 atom stereocenters. The molecule has 2 aromatic rings. The Kier molecular flexibility index (Phi) is 4.03. The second-order valence-corrected chi connectivity index (χ2v) is 5.80. The first kappa shape index (κ1) is 13.6. The van der Waals surface area contributed by atoms with Gasteiger partial charge in [-0.05, 0) is 51.9 Å². The highest BCUT2D eigenvalue weighted by Gasteiger charge is 2.17. The third-order valence-corrected chi connectivity index (χ3v) is 4.33. The summed E-state index contributed by atoms with van der Waals surface area (Å²) in [6, 6.07) is 6.78. The number of imidazole rings is 1. The molecule has 1 unspecified atom stereocenters. The Labute approximate surface area is 120 Å². The number of fused-ring (bicyclic) bond motifs is 1. The quantitative estimate of drug-likeness (QED) is 0.906. The van der Waals surface area contributed by atoms with Crippen molar-refractivity contribution in [2.45, 2.75) is 39.3 Å². The average Bonchev–Trinajstić information content (AvgIpc) is 3.07. The molecule has 1 aliphatic heterocycles. The van der Waals surface area contributed by atoms with Gasteiger partial charge in [0, 0.05) is 25.3 Å². The fourth-order valence-corrected chi connectivity index (χ4v) is 3.09. The maximum Gasteiger partial charge on any atom is 0.137 e. The summed E-state index contributed by atoms with van der Waals surface area (Å²) < 4.78 is 2.18. The third kappa shape index (κ3) is 2.72. The highest BCUT2D eigenvalue weighted by atomic mass is 15.2. The molecule has 0 radical (unpaired) electrons. The van der Waals surface area contributed by atoms with E-state index in [4.69, 9.17) is 0 Å². The Morgan fingerprint density at radius 3 is 2.90 bits per heavy atom. The molecule has 0 aromatic carbocycles. The van der Waals surface area contributed by atoms with Crippen LogP contribution in [0.25, 0.3) is 5.65 Å². The van der Waals surface area contributed by atoms with E-state index < -0.39 is 0 Å². The average molecular weight is 272 g/mol. The zero-order chi connectivity index (χ0) is 13.9. The molecule has 4 nitrogen and oxygen atoms in total. The molecular formula is C16H24N4. The van der Waals surface area contributed by atoms with Crippen molar-refractivity contribution in [1.82, 2.24) is 19.6 Å². The number of rotatable bonds is 5. The molecule has 0 amide bonds. The standard InChI is InChI=1S/C16H24N4/c1-13(19-8-5-6-9-19)11-17-12-15-14(2)18-16-7-3-4-10-20(15)16/h3-4,7,10,13,17H,5-6,8-9,11-12H2,1-2H3. The first-order valence-electron chi connectivity index (χ1n) is 7.63. The molecular weight excluding hydrogens is 248 g/mol. The van der Waals surface area contributed by atoms with Gasteiger partial charge in [0.25, 0.3) is 0 Å². The van der Waals surface area contributed by atoms with Gasteiger partial charge >= 0.3 is 0 Å². The van der Waals surface area contributed by atoms with Crippen LogP contribution in [-0.4, -0.2) is 40.0 Å². The van der Waals surface area contributed by atoms with E-state index in [2.05, 4.69) is 51.8 Å². The molecule has 3 heterocycles. The summed E-state index contributed by atoms with van der Waals surface area (Å²) in [7, 11) is 0. The summed E-state index contributed by atoms with van der Waals surface area (Å²) in [5.74, 6) is 0. The minimum Gasteiger partial charge on any atom is -0.310 e. The highest BCUT2D eigenvalue weighted by Crippen LogP contribution is 2.13. The van der Waals surface area contributed by atoms with Crippen LogP contribution in [0.4, 0.5) is 0 Å². The van der Waals surface area contributed by atoms with Crippen molar-refractivity contribution in [1.29, 1.82) is 0 Å². The van der Waals surface area contributed by atoms with Crippen LogP contribution in [0.15, 0.2) is 24.4 Å². The zero-order valence-corrected chi connectivity index (χ0v) is 12.5. The number of nitrogens with zero attached hydrogens (tertiary/aromatic N) is 3. The number of nitrogens with one attached hydrogen (secondary N) is 1. The van der Waals surface area contributed by atoms with E-state index >= 15 is 0 Å². The predicted molar refractivity (Wildman–Crippen MR) is 81.9 cm³/mol. The summed E-state index contributed by atoms with van der Waals surface area (Å²) in [5, 5.41) is 3.59. The first-order valence-corrected chi connectivity index (χ1v) is 7.63. The van der Waals surface area contributed by atoms with E-state index in [1.807, 2.05) is 6.07 Å². The first-order chi connectivity index (χ1) is 9.75. The molecule has 1 saturated heterocycles. The van der Waals surface area contributed by atoms with Crippen LogP contribution in [0.3, 0.4) is 0 Å². The summed E-state index contributed by atoms with van der Waals surface area (Å²) >= 11 is 0. The Hall–Kier alpha value is -1.39. The van der Waals surface area contributed by atoms with Gasteiger partial charge in [-0.1, -0.05) is 6.07 Å². The molecule has 108 valence electrons. The second-order valence-electron chi connectivity index (χ2n) is 5.80. The maximum atomic E-state index is 4.60. The smallest absolute Gasteiger partial charge is 0.137 e. The molecule has 0 bridgehead atoms. The third-order valence-electron chi connectivity index (χ3n) is 4.33. The highest BCUT2D eigenvalue weighted by molar-refractivity contribution is 5.42. The molecule has 1 N–H and O–H groups in total. The minimum atomic E-state index is 0.622. The van der Waals surface area contributed by atoms with Crippen LogP contribution in [0.5, 0.6) is 0 Å². The summed E-state index contributed by atoms with van der Waals surface area (Å²) in [5.41, 5.74) is 3.43. The lowest BCUT2D eigenvalue weighted by Crippen LogP contribution is -2.38. The zero-order valence-electron chi connectivity index (χ0n) is 12.5. The van der Waals surface area contributed by atoms with Gasteiger partial charge < -0.3 is 9.72 Å². The molecule has 3 rings (SSSR count). The van der Waals surface area contributed by atoms with E-state index in [-0.39, 0.29) is 0 Å². The van der Waals surface area contributed by atoms with Gasteiger partial charge in [-0.25, -0.2) is 4.98 Å². The summed E-state index contributed by atoms with van der Waals surface area (Å²) in [4.78, 5) is 7.18. The van der Waals surface area contributed by atoms with Crippen LogP contribution < -0.4 is 5.32 Å². The Morgan fingerprint density at radius 2 is 2.10 bits per heavy atom. The summed E-state index contributed by atoms with van der Waals surface area (Å²) in [6.45, 7) is 8.86. The van der Waals surface area contributed by atoms with Crippen molar-refractivity contribution in [3.05, 3.63) is 35.8 Å². The van der Waals surface area contributed by atoms with Gasteiger partial charge in [0.2, 0.25) is 0 Å². The molecule has 20 heavy (non-hydrogen) atoms. The second kappa shape index (κ2) is 5.94. The van der Waals surface area contributed by atoms with Crippen LogP contribution in [-0.2, 0) is 6.54 Å². The van der Waals surface area contributed by atoms with Gasteiger partial charge in [-0.15, -0.1) is 0 Å². The number of aryl methyl sites for hydroxylation is 1. The lowest BCUT2D eigenvalue weighted by atomic mass is 10.2. The van der Waals surface area contributed by atoms with Crippen molar-refractivity contribution in [2.75, 3.05) is 19.6 Å². The number of pyridine rings is 1. The number of aromatic nitrogens is 2. The van der Waals surface area contributed by atoms with Gasteiger partial charge in [0.05, 0.1) is 11.4 Å². The SMILES string of the molecule is Cc1nc2ccccn2c1CNCC(C)N1CCCC1.